The van der Waals surface area contributed by atoms with Crippen molar-refractivity contribution in [2.75, 3.05) is 48.8 Å². The molecule has 10 aliphatic rings. The zero-order chi connectivity index (χ0) is 82.6. The monoisotopic (exact) mass is 1560 g/mol. The highest BCUT2D eigenvalue weighted by atomic mass is 16.5. The highest BCUT2D eigenvalue weighted by Crippen LogP contribution is 2.57. The number of rotatable bonds is 17. The number of amides is 3. The Labute approximate surface area is 649 Å². The van der Waals surface area contributed by atoms with Crippen molar-refractivity contribution in [1.82, 2.24) is 30.7 Å². The Balaban J connectivity index is 0.000000157. The van der Waals surface area contributed by atoms with Gasteiger partial charge in [0.25, 0.3) is 17.7 Å². The van der Waals surface area contributed by atoms with Crippen molar-refractivity contribution in [3.05, 3.63) is 167 Å². The highest BCUT2D eigenvalue weighted by Gasteiger charge is 2.68. The van der Waals surface area contributed by atoms with Crippen molar-refractivity contribution in [1.29, 1.82) is 0 Å². The lowest BCUT2D eigenvalue weighted by Gasteiger charge is -2.50. The number of pyridine rings is 1. The summed E-state index contributed by atoms with van der Waals surface area (Å²) < 4.78 is 0.935. The number of phenols is 3. The number of aliphatic hydroxyl groups is 9. The molecule has 22 N–H and O–H groups in total. The Morgan fingerprint density at radius 3 is 1.08 bits per heavy atom. The number of phenolic OH excluding ortho intramolecular Hbond substituents is 3. The van der Waals surface area contributed by atoms with E-state index in [1.54, 1.807) is 72.6 Å². The molecule has 12 atom stereocenters. The van der Waals surface area contributed by atoms with Gasteiger partial charge in [0.2, 0.25) is 29.7 Å². The molecule has 4 aromatic rings. The number of carbonyl (C=O) groups excluding carboxylic acids is 9. The maximum atomic E-state index is 13.9. The number of Topliss-reactive ketones (excluding diaryl/α,β-unsaturated/α-hetero) is 6. The van der Waals surface area contributed by atoms with Crippen LogP contribution in [-0.4, -0.2) is 223 Å². The fourth-order valence-electron chi connectivity index (χ4n) is 19.2. The highest BCUT2D eigenvalue weighted by molar-refractivity contribution is 6.27. The van der Waals surface area contributed by atoms with Gasteiger partial charge in [0, 0.05) is 83.6 Å². The molecule has 1 aromatic heterocycles. The van der Waals surface area contributed by atoms with Crippen molar-refractivity contribution in [2.24, 2.45) is 58.6 Å². The third-order valence-corrected chi connectivity index (χ3v) is 24.4. The van der Waals surface area contributed by atoms with E-state index in [-0.39, 0.29) is 82.8 Å². The Hall–Kier alpha value is -10.7. The molecule has 0 spiro atoms. The number of nitrogens with two attached hydrogens (primary N) is 3. The number of likely N-dealkylation sites (N-methyl/N-ethyl adjacent to an activating group) is 3. The zero-order valence-electron chi connectivity index (χ0n) is 63.7. The van der Waals surface area contributed by atoms with E-state index in [9.17, 15) is 110 Å². The lowest BCUT2D eigenvalue weighted by atomic mass is 9.57. The van der Waals surface area contributed by atoms with Gasteiger partial charge >= 0.3 is 0 Å². The number of carbonyl (C=O) groups is 9. The molecule has 2 unspecified atom stereocenters. The van der Waals surface area contributed by atoms with Crippen LogP contribution in [0.25, 0.3) is 17.3 Å². The number of aliphatic hydroxyl groups excluding tert-OH is 6. The smallest absolute Gasteiger partial charge is 0.255 e. The molecule has 0 radical (unpaired) electrons. The summed E-state index contributed by atoms with van der Waals surface area (Å²) in [6.07, 6.45) is 8.52. The number of aromatic hydroxyl groups is 3. The van der Waals surface area contributed by atoms with Crippen molar-refractivity contribution in [3.8, 4) is 17.2 Å². The summed E-state index contributed by atoms with van der Waals surface area (Å²) in [5, 5.41) is 153. The summed E-state index contributed by atoms with van der Waals surface area (Å²) in [6, 6.07) is 10.2. The van der Waals surface area contributed by atoms with E-state index in [0.717, 1.165) is 46.4 Å². The average molecular weight is 1560 g/mol. The van der Waals surface area contributed by atoms with Gasteiger partial charge in [-0.1, -0.05) is 44.9 Å². The molecule has 3 aromatic carbocycles. The topological polar surface area (TPSA) is 544 Å². The maximum absolute atomic E-state index is 13.9. The first-order valence-corrected chi connectivity index (χ1v) is 37.5. The first kappa shape index (κ1) is 81.8. The van der Waals surface area contributed by atoms with Crippen LogP contribution in [0.5, 0.6) is 17.2 Å². The number of primary amides is 3. The van der Waals surface area contributed by atoms with E-state index in [2.05, 4.69) is 29.8 Å². The summed E-state index contributed by atoms with van der Waals surface area (Å²) in [5.41, 5.74) is 10.9. The van der Waals surface area contributed by atoms with E-state index >= 15 is 0 Å². The van der Waals surface area contributed by atoms with Gasteiger partial charge in [0.15, 0.2) is 34.2 Å². The Morgan fingerprint density at radius 1 is 0.469 bits per heavy atom. The summed E-state index contributed by atoms with van der Waals surface area (Å²) in [6.45, 7) is 6.78. The lowest BCUT2D eigenvalue weighted by molar-refractivity contribution is -0.904. The largest absolute Gasteiger partial charge is 0.508 e. The molecular weight excluding hydrogens is 1460 g/mol. The van der Waals surface area contributed by atoms with Crippen molar-refractivity contribution in [3.63, 3.8) is 0 Å². The summed E-state index contributed by atoms with van der Waals surface area (Å²) >= 11 is 0. The number of fused-ring (bicyclic) bond motifs is 9. The zero-order valence-corrected chi connectivity index (χ0v) is 63.7. The molecule has 3 amide bonds. The number of benzene rings is 3. The molecule has 32 heteroatoms. The second kappa shape index (κ2) is 30.7. The molecule has 1 heterocycles. The number of nitrogens with zero attached hydrogens (tertiary/aromatic N) is 4. The second-order valence-electron chi connectivity index (χ2n) is 32.3. The van der Waals surface area contributed by atoms with Crippen LogP contribution in [0.1, 0.15) is 114 Å². The van der Waals surface area contributed by atoms with Gasteiger partial charge in [-0.05, 0) is 181 Å². The van der Waals surface area contributed by atoms with Crippen LogP contribution in [0.3, 0.4) is 0 Å². The fraction of sp³-hybridized carbons (Fsp3) is 0.457. The third kappa shape index (κ3) is 13.5. The van der Waals surface area contributed by atoms with Crippen LogP contribution >= 0.6 is 0 Å². The van der Waals surface area contributed by atoms with Gasteiger partial charge in [-0.2, -0.15) is 0 Å². The third-order valence-electron chi connectivity index (χ3n) is 24.4. The van der Waals surface area contributed by atoms with Crippen LogP contribution in [0.2, 0.25) is 0 Å². The van der Waals surface area contributed by atoms with E-state index in [0.29, 0.717) is 61.2 Å². The SMILES string of the molecule is CC(C)CNCc1ccc(O)c2c1C[C@H]1C[C@H]3C(N(C)C)C(=O)C(C(N)=O)=C(O)[C@@]3(O)C(=O)C1=C2O.CN(C)C1C(=O)C(C(N)=O)=C(O)[C@@]2(O)C(=O)C3=C(O)c4c(O)ccc(CNC5CCCC5)c4C[C@H]3C[C@@H]12.CN(C)[C@@H]1C(=O)C(C(N)=O)=C(O)[C@@]2(O)C(=O)C3=C(O)c4c(O)ccc(CNCc5cc[n+](O)cc5)c4C[C@H]3C[C@@H]12. The quantitative estimate of drug-likeness (QED) is 0.0404. The van der Waals surface area contributed by atoms with Crippen LogP contribution in [0, 0.1) is 41.4 Å². The van der Waals surface area contributed by atoms with E-state index < -0.39 is 174 Å². The first-order chi connectivity index (χ1) is 53.2. The average Bonchev–Trinajstić information content (AvgIpc) is 1.36. The van der Waals surface area contributed by atoms with E-state index in [4.69, 9.17) is 17.2 Å². The van der Waals surface area contributed by atoms with Gasteiger partial charge in [-0.3, -0.25) is 63.1 Å². The van der Waals surface area contributed by atoms with Crippen LogP contribution in [0.15, 0.2) is 112 Å². The van der Waals surface area contributed by atoms with Crippen LogP contribution in [0.4, 0.5) is 0 Å². The molecule has 0 saturated heterocycles. The van der Waals surface area contributed by atoms with Crippen LogP contribution < -0.4 is 37.9 Å². The second-order valence-corrected chi connectivity index (χ2v) is 32.3. The number of hydrogen-bond acceptors (Lipinski definition) is 28. The molecule has 4 fully saturated rings. The standard InChI is InChI=1S/C28H30N4O8.C27H33N3O7.C26H33N3O7/c1-31(2)22-17-10-15-9-16-14(12-30-11-13-5-7-32(40)8-6-13)3-4-18(33)20(16)23(34)19(15)25(36)28(17,39)26(37)21(24(22)35)27(29)38;1-30(2)21-16-10-13-9-15-12(11-29-14-5-3-4-6-14)7-8-17(31)19(15)22(32)18(13)24(34)27(16,37)25(35)20(23(21)33)26(28)36;1-11(2)9-28-10-12-5-6-16(30)18-14(12)7-13-8-15-20(29(3)4)22(32)19(25(27)35)24(34)26(15,36)23(33)17(13)21(18)31/h3-8,15,17,22,30,39H,9-12H2,1-2H3,(H5-,29,33,34,35,36,37,38,40);7-8,13-14,16,21,29,31-32,35,37H,3-6,9-11H2,1-2H3,(H2,28,36);5-6,11,13,15,20,28,30-31,34,36H,7-10H2,1-4H3,(H2,27,35)/p+1/t15-,17-,22-,28-;13-,16-,21?,27-;13-,15-,20?,26-/m000/s1. The van der Waals surface area contributed by atoms with E-state index in [1.807, 2.05) is 0 Å². The number of nitrogens with one attached hydrogen (secondary N) is 3. The van der Waals surface area contributed by atoms with Crippen LogP contribution in [-0.2, 0) is 88.6 Å². The van der Waals surface area contributed by atoms with Gasteiger partial charge in [0.1, 0.15) is 68.5 Å². The summed E-state index contributed by atoms with van der Waals surface area (Å²) in [7, 11) is 9.43. The lowest BCUT2D eigenvalue weighted by Crippen LogP contribution is -2.65. The van der Waals surface area contributed by atoms with E-state index in [1.165, 1.54) is 58.1 Å². The predicted molar refractivity (Wildman–Crippen MR) is 403 cm³/mol. The summed E-state index contributed by atoms with van der Waals surface area (Å²) in [5.74, 6) is -19.2. The molecule has 4 saturated carbocycles. The Kier molecular flexibility index (Phi) is 22.2. The molecule has 0 aliphatic heterocycles. The molecule has 14 rings (SSSR count). The minimum absolute atomic E-state index is 0.0272. The normalized spacial score (nSPS) is 27.9. The van der Waals surface area contributed by atoms with Gasteiger partial charge in [-0.15, -0.1) is 0 Å². The van der Waals surface area contributed by atoms with Gasteiger partial charge in [-0.25, -0.2) is 0 Å². The molecule has 602 valence electrons. The van der Waals surface area contributed by atoms with Gasteiger partial charge in [0.05, 0.1) is 34.8 Å². The minimum Gasteiger partial charge on any atom is -0.508 e. The molecule has 32 nitrogen and oxygen atoms in total. The Morgan fingerprint density at radius 2 is 0.779 bits per heavy atom. The van der Waals surface area contributed by atoms with Crippen molar-refractivity contribution >= 4 is 69.7 Å². The number of aromatic nitrogens is 1. The number of ketones is 6. The molecule has 113 heavy (non-hydrogen) atoms. The molecule has 10 aliphatic carbocycles. The maximum Gasteiger partial charge on any atom is 0.255 e. The minimum atomic E-state index is -2.66. The number of hydrogen-bond donors (Lipinski definition) is 19. The van der Waals surface area contributed by atoms with Gasteiger partial charge < -0.3 is 94.4 Å². The Bertz CT molecular complexity index is 4930. The summed E-state index contributed by atoms with van der Waals surface area (Å²) in [4.78, 5) is 122. The van der Waals surface area contributed by atoms with Crippen molar-refractivity contribution in [2.45, 2.75) is 145 Å². The van der Waals surface area contributed by atoms with Crippen molar-refractivity contribution < 1.29 is 114 Å². The fourth-order valence-corrected chi connectivity index (χ4v) is 19.2. The molecule has 0 bridgehead atoms. The first-order valence-electron chi connectivity index (χ1n) is 37.5. The molecular formula is C81H97N10O22+. The predicted octanol–water partition coefficient (Wildman–Crippen LogP) is 1.48.